The Bertz CT molecular complexity index is 474. The third kappa shape index (κ3) is 4.20. The maximum Gasteiger partial charge on any atom is 0.296 e. The Labute approximate surface area is 110 Å². The van der Waals surface area contributed by atoms with Crippen molar-refractivity contribution < 1.29 is 17.9 Å². The van der Waals surface area contributed by atoms with Gasteiger partial charge in [0.15, 0.2) is 5.82 Å². The number of ether oxygens (including phenoxy) is 2. The van der Waals surface area contributed by atoms with Crippen LogP contribution in [0.1, 0.15) is 19.2 Å². The predicted molar refractivity (Wildman–Crippen MR) is 64.9 cm³/mol. The Morgan fingerprint density at radius 3 is 2.61 bits per heavy atom. The first-order valence-electron chi connectivity index (χ1n) is 5.44. The highest BCUT2D eigenvalue weighted by Crippen LogP contribution is 2.14. The van der Waals surface area contributed by atoms with Gasteiger partial charge in [0.05, 0.1) is 13.2 Å². The van der Waals surface area contributed by atoms with Gasteiger partial charge in [-0.25, -0.2) is 8.42 Å². The minimum atomic E-state index is -3.92. The van der Waals surface area contributed by atoms with Gasteiger partial charge in [0.2, 0.25) is 0 Å². The Balaban J connectivity index is 2.92. The highest BCUT2D eigenvalue weighted by Gasteiger charge is 2.22. The molecule has 0 saturated carbocycles. The van der Waals surface area contributed by atoms with Crippen LogP contribution >= 0.6 is 10.7 Å². The molecule has 0 fully saturated rings. The molecule has 18 heavy (non-hydrogen) atoms. The lowest BCUT2D eigenvalue weighted by Crippen LogP contribution is -2.14. The third-order valence-electron chi connectivity index (χ3n) is 2.11. The Morgan fingerprint density at radius 1 is 1.33 bits per heavy atom. The molecule has 0 radical (unpaired) electrons. The Hall–Kier alpha value is -0.700. The summed E-state index contributed by atoms with van der Waals surface area (Å²) in [6.45, 7) is 3.37. The van der Waals surface area contributed by atoms with Crippen molar-refractivity contribution in [2.45, 2.75) is 31.7 Å². The molecule has 104 valence electrons. The highest BCUT2D eigenvalue weighted by molar-refractivity contribution is 8.13. The number of methoxy groups -OCH3 is 1. The molecule has 1 aromatic heterocycles. The largest absolute Gasteiger partial charge is 0.383 e. The fourth-order valence-corrected chi connectivity index (χ4v) is 2.26. The van der Waals surface area contributed by atoms with E-state index in [-0.39, 0.29) is 11.8 Å². The standard InChI is InChI=1S/C9H16ClN3O4S/c1-3-5-17-7-8-11-12-9(18(10,14)15)13(8)4-6-16-2/h3-7H2,1-2H3. The fourth-order valence-electron chi connectivity index (χ4n) is 1.32. The quantitative estimate of drug-likeness (QED) is 0.521. The highest BCUT2D eigenvalue weighted by atomic mass is 35.7. The van der Waals surface area contributed by atoms with Crippen molar-refractivity contribution in [2.75, 3.05) is 20.3 Å². The molecule has 0 aliphatic heterocycles. The summed E-state index contributed by atoms with van der Waals surface area (Å²) in [5, 5.41) is 7.07. The molecule has 0 bridgehead atoms. The van der Waals surface area contributed by atoms with Crippen molar-refractivity contribution in [1.29, 1.82) is 0 Å². The lowest BCUT2D eigenvalue weighted by atomic mass is 10.5. The Kier molecular flexibility index (Phi) is 6.00. The number of nitrogens with zero attached hydrogens (tertiary/aromatic N) is 3. The van der Waals surface area contributed by atoms with Gasteiger partial charge in [0.1, 0.15) is 6.61 Å². The van der Waals surface area contributed by atoms with Crippen LogP contribution in [0.5, 0.6) is 0 Å². The van der Waals surface area contributed by atoms with Crippen LogP contribution < -0.4 is 0 Å². The minimum Gasteiger partial charge on any atom is -0.383 e. The van der Waals surface area contributed by atoms with Gasteiger partial charge in [-0.3, -0.25) is 4.57 Å². The lowest BCUT2D eigenvalue weighted by Gasteiger charge is -2.08. The Morgan fingerprint density at radius 2 is 2.06 bits per heavy atom. The summed E-state index contributed by atoms with van der Waals surface area (Å²) >= 11 is 0. The summed E-state index contributed by atoms with van der Waals surface area (Å²) in [6, 6.07) is 0. The second-order valence-corrected chi connectivity index (χ2v) is 5.99. The van der Waals surface area contributed by atoms with E-state index in [1.165, 1.54) is 11.7 Å². The molecule has 0 amide bonds. The fraction of sp³-hybridized carbons (Fsp3) is 0.778. The zero-order valence-electron chi connectivity index (χ0n) is 10.3. The topological polar surface area (TPSA) is 83.3 Å². The zero-order chi connectivity index (χ0) is 13.6. The predicted octanol–water partition coefficient (Wildman–Crippen LogP) is 0.779. The molecule has 7 nitrogen and oxygen atoms in total. The molecule has 1 rings (SSSR count). The molecule has 0 unspecified atom stereocenters. The molecule has 1 heterocycles. The van der Waals surface area contributed by atoms with E-state index in [2.05, 4.69) is 10.2 Å². The molecule has 0 aliphatic carbocycles. The summed E-state index contributed by atoms with van der Waals surface area (Å²) in [5.74, 6) is 0.416. The van der Waals surface area contributed by atoms with Crippen molar-refractivity contribution in [1.82, 2.24) is 14.8 Å². The van der Waals surface area contributed by atoms with Gasteiger partial charge in [-0.05, 0) is 6.42 Å². The summed E-state index contributed by atoms with van der Waals surface area (Å²) < 4.78 is 34.3. The van der Waals surface area contributed by atoms with E-state index in [0.717, 1.165) is 6.42 Å². The van der Waals surface area contributed by atoms with Crippen molar-refractivity contribution in [3.63, 3.8) is 0 Å². The van der Waals surface area contributed by atoms with Crippen LogP contribution in [-0.2, 0) is 31.7 Å². The van der Waals surface area contributed by atoms with Crippen molar-refractivity contribution in [3.05, 3.63) is 5.82 Å². The average molecular weight is 298 g/mol. The lowest BCUT2D eigenvalue weighted by molar-refractivity contribution is 0.110. The van der Waals surface area contributed by atoms with Crippen LogP contribution in [0.15, 0.2) is 5.16 Å². The van der Waals surface area contributed by atoms with E-state index >= 15 is 0 Å². The summed E-state index contributed by atoms with van der Waals surface area (Å²) in [7, 11) is 2.88. The molecular formula is C9H16ClN3O4S. The SMILES string of the molecule is CCCOCc1nnc(S(=O)(=O)Cl)n1CCOC. The molecule has 0 N–H and O–H groups in total. The molecule has 0 atom stereocenters. The number of hydrogen-bond acceptors (Lipinski definition) is 6. The first-order chi connectivity index (χ1) is 8.50. The number of rotatable bonds is 8. The molecular weight excluding hydrogens is 282 g/mol. The molecule has 0 spiro atoms. The van der Waals surface area contributed by atoms with Crippen molar-refractivity contribution >= 4 is 19.7 Å². The first kappa shape index (κ1) is 15.4. The molecule has 0 aliphatic rings. The summed E-state index contributed by atoms with van der Waals surface area (Å²) in [4.78, 5) is 0. The second-order valence-electron chi connectivity index (χ2n) is 3.53. The summed E-state index contributed by atoms with van der Waals surface area (Å²) in [6.07, 6.45) is 0.868. The summed E-state index contributed by atoms with van der Waals surface area (Å²) in [5.41, 5.74) is 0. The van der Waals surface area contributed by atoms with E-state index in [9.17, 15) is 8.42 Å². The van der Waals surface area contributed by atoms with Gasteiger partial charge >= 0.3 is 0 Å². The van der Waals surface area contributed by atoms with Gasteiger partial charge in [-0.1, -0.05) is 6.92 Å². The zero-order valence-corrected chi connectivity index (χ0v) is 11.9. The normalized spacial score (nSPS) is 11.9. The molecule has 1 aromatic rings. The van der Waals surface area contributed by atoms with Gasteiger partial charge in [-0.15, -0.1) is 10.2 Å². The van der Waals surface area contributed by atoms with E-state index in [0.29, 0.717) is 25.6 Å². The number of aromatic nitrogens is 3. The van der Waals surface area contributed by atoms with Crippen LogP contribution in [0.2, 0.25) is 0 Å². The molecule has 9 heteroatoms. The minimum absolute atomic E-state index is 0.191. The van der Waals surface area contributed by atoms with E-state index in [1.54, 1.807) is 0 Å². The van der Waals surface area contributed by atoms with Crippen LogP contribution in [0.25, 0.3) is 0 Å². The van der Waals surface area contributed by atoms with Crippen molar-refractivity contribution in [3.8, 4) is 0 Å². The monoisotopic (exact) mass is 297 g/mol. The maximum absolute atomic E-state index is 11.3. The van der Waals surface area contributed by atoms with E-state index in [1.807, 2.05) is 6.92 Å². The van der Waals surface area contributed by atoms with Crippen LogP contribution in [0.3, 0.4) is 0 Å². The third-order valence-corrected chi connectivity index (χ3v) is 3.26. The number of hydrogen-bond donors (Lipinski definition) is 0. The van der Waals surface area contributed by atoms with Gasteiger partial charge in [0.25, 0.3) is 14.2 Å². The van der Waals surface area contributed by atoms with Crippen LogP contribution in [0, 0.1) is 0 Å². The maximum atomic E-state index is 11.3. The second kappa shape index (κ2) is 7.03. The van der Waals surface area contributed by atoms with Crippen LogP contribution in [-0.4, -0.2) is 43.5 Å². The van der Waals surface area contributed by atoms with Gasteiger partial charge < -0.3 is 9.47 Å². The molecule has 0 aromatic carbocycles. The van der Waals surface area contributed by atoms with Crippen LogP contribution in [0.4, 0.5) is 0 Å². The average Bonchev–Trinajstić information content (AvgIpc) is 2.69. The van der Waals surface area contributed by atoms with Crippen molar-refractivity contribution in [2.24, 2.45) is 0 Å². The number of halogens is 1. The first-order valence-corrected chi connectivity index (χ1v) is 7.75. The van der Waals surface area contributed by atoms with E-state index in [4.69, 9.17) is 20.2 Å². The smallest absolute Gasteiger partial charge is 0.296 e. The van der Waals surface area contributed by atoms with E-state index < -0.39 is 9.05 Å². The van der Waals surface area contributed by atoms with Gasteiger partial charge in [0, 0.05) is 24.4 Å². The van der Waals surface area contributed by atoms with Gasteiger partial charge in [-0.2, -0.15) is 0 Å². The molecule has 0 saturated heterocycles.